The van der Waals surface area contributed by atoms with E-state index in [0.29, 0.717) is 11.3 Å². The Bertz CT molecular complexity index is 1210. The van der Waals surface area contributed by atoms with Crippen LogP contribution in [0, 0.1) is 12.7 Å². The van der Waals surface area contributed by atoms with Crippen molar-refractivity contribution in [1.82, 2.24) is 5.43 Å². The van der Waals surface area contributed by atoms with Crippen molar-refractivity contribution in [3.05, 3.63) is 93.2 Å². The maximum atomic E-state index is 13.7. The molecule has 34 heavy (non-hydrogen) atoms. The molecule has 0 bridgehead atoms. The standard InChI is InChI=1S/C26H24BrFN2O4/c1-16(2)21-13-22(27)17(3)12-24(21)33-15-25(31)30-29-14-18-8-10-19(11-9-18)34-26(32)20-6-4-5-7-23(20)28/h4-14,16H,15H2,1-3H3,(H,30,31). The monoisotopic (exact) mass is 526 g/mol. The maximum Gasteiger partial charge on any atom is 0.346 e. The zero-order valence-electron chi connectivity index (χ0n) is 19.0. The molecule has 0 saturated heterocycles. The van der Waals surface area contributed by atoms with Gasteiger partial charge in [-0.3, -0.25) is 4.79 Å². The van der Waals surface area contributed by atoms with Crippen molar-refractivity contribution in [2.45, 2.75) is 26.7 Å². The Morgan fingerprint density at radius 2 is 1.82 bits per heavy atom. The minimum atomic E-state index is -0.784. The van der Waals surface area contributed by atoms with E-state index < -0.39 is 17.7 Å². The third kappa shape index (κ3) is 6.74. The first-order chi connectivity index (χ1) is 16.2. The van der Waals surface area contributed by atoms with E-state index in [2.05, 4.69) is 40.3 Å². The lowest BCUT2D eigenvalue weighted by Gasteiger charge is -2.15. The van der Waals surface area contributed by atoms with Crippen molar-refractivity contribution in [2.24, 2.45) is 5.10 Å². The second-order valence-corrected chi connectivity index (χ2v) is 8.67. The largest absolute Gasteiger partial charge is 0.483 e. The van der Waals surface area contributed by atoms with E-state index in [9.17, 15) is 14.0 Å². The van der Waals surface area contributed by atoms with E-state index in [4.69, 9.17) is 9.47 Å². The van der Waals surface area contributed by atoms with Crippen molar-refractivity contribution in [3.8, 4) is 11.5 Å². The van der Waals surface area contributed by atoms with E-state index in [0.717, 1.165) is 15.6 Å². The van der Waals surface area contributed by atoms with Crippen molar-refractivity contribution in [2.75, 3.05) is 6.61 Å². The van der Waals surface area contributed by atoms with Gasteiger partial charge in [0, 0.05) is 4.47 Å². The summed E-state index contributed by atoms with van der Waals surface area (Å²) in [5.74, 6) is -0.673. The SMILES string of the molecule is Cc1cc(OCC(=O)NN=Cc2ccc(OC(=O)c3ccccc3F)cc2)c(C(C)C)cc1Br. The van der Waals surface area contributed by atoms with Crippen LogP contribution in [0.5, 0.6) is 11.5 Å². The Kier molecular flexibility index (Phi) is 8.54. The summed E-state index contributed by atoms with van der Waals surface area (Å²) in [4.78, 5) is 24.2. The number of hydrazone groups is 1. The molecule has 0 saturated carbocycles. The molecule has 0 aliphatic rings. The molecule has 176 valence electrons. The number of carbonyl (C=O) groups is 2. The molecule has 8 heteroatoms. The first-order valence-corrected chi connectivity index (χ1v) is 11.4. The first kappa shape index (κ1) is 25.1. The molecule has 0 spiro atoms. The zero-order chi connectivity index (χ0) is 24.7. The van der Waals surface area contributed by atoms with Crippen LogP contribution in [0.25, 0.3) is 0 Å². The highest BCUT2D eigenvalue weighted by molar-refractivity contribution is 9.10. The second kappa shape index (κ2) is 11.6. The van der Waals surface area contributed by atoms with Crippen molar-refractivity contribution in [1.29, 1.82) is 0 Å². The van der Waals surface area contributed by atoms with Gasteiger partial charge in [0.25, 0.3) is 5.91 Å². The maximum absolute atomic E-state index is 13.7. The van der Waals surface area contributed by atoms with E-state index >= 15 is 0 Å². The van der Waals surface area contributed by atoms with E-state index in [1.165, 1.54) is 24.4 Å². The number of carbonyl (C=O) groups excluding carboxylic acids is 2. The number of rotatable bonds is 8. The Morgan fingerprint density at radius 1 is 1.12 bits per heavy atom. The Labute approximate surface area is 205 Å². The predicted molar refractivity (Wildman–Crippen MR) is 132 cm³/mol. The Hall–Kier alpha value is -3.52. The molecule has 3 aromatic rings. The van der Waals surface area contributed by atoms with Crippen molar-refractivity contribution >= 4 is 34.0 Å². The molecule has 0 fully saturated rings. The summed E-state index contributed by atoms with van der Waals surface area (Å²) in [7, 11) is 0. The van der Waals surface area contributed by atoms with Crippen LogP contribution in [0.3, 0.4) is 0 Å². The van der Waals surface area contributed by atoms with Crippen LogP contribution in [0.4, 0.5) is 4.39 Å². The minimum Gasteiger partial charge on any atom is -0.483 e. The topological polar surface area (TPSA) is 77.0 Å². The molecule has 0 aliphatic heterocycles. The van der Waals surface area contributed by atoms with E-state index in [-0.39, 0.29) is 23.8 Å². The quantitative estimate of drug-likeness (QED) is 0.175. The fourth-order valence-electron chi connectivity index (χ4n) is 3.01. The summed E-state index contributed by atoms with van der Waals surface area (Å²) in [6.07, 6.45) is 1.45. The van der Waals surface area contributed by atoms with Crippen LogP contribution < -0.4 is 14.9 Å². The summed E-state index contributed by atoms with van der Waals surface area (Å²) in [6.45, 7) is 5.89. The van der Waals surface area contributed by atoms with Crippen LogP contribution in [0.2, 0.25) is 0 Å². The lowest BCUT2D eigenvalue weighted by Crippen LogP contribution is -2.25. The average Bonchev–Trinajstić information content (AvgIpc) is 2.80. The van der Waals surface area contributed by atoms with Crippen LogP contribution in [0.1, 0.15) is 46.8 Å². The van der Waals surface area contributed by atoms with Crippen LogP contribution in [-0.2, 0) is 4.79 Å². The molecule has 0 heterocycles. The summed E-state index contributed by atoms with van der Waals surface area (Å²) in [6, 6.07) is 15.9. The minimum absolute atomic E-state index is 0.142. The van der Waals surface area contributed by atoms with Crippen LogP contribution in [0.15, 0.2) is 70.2 Å². The summed E-state index contributed by atoms with van der Waals surface area (Å²) in [5, 5.41) is 3.92. The smallest absolute Gasteiger partial charge is 0.346 e. The first-order valence-electron chi connectivity index (χ1n) is 10.6. The van der Waals surface area contributed by atoms with Gasteiger partial charge in [0.05, 0.1) is 11.8 Å². The van der Waals surface area contributed by atoms with Gasteiger partial charge >= 0.3 is 5.97 Å². The lowest BCUT2D eigenvalue weighted by molar-refractivity contribution is -0.123. The molecule has 0 aliphatic carbocycles. The highest BCUT2D eigenvalue weighted by Gasteiger charge is 2.14. The highest BCUT2D eigenvalue weighted by Crippen LogP contribution is 2.32. The second-order valence-electron chi connectivity index (χ2n) is 7.81. The summed E-state index contributed by atoms with van der Waals surface area (Å²) >= 11 is 3.52. The van der Waals surface area contributed by atoms with Gasteiger partial charge < -0.3 is 9.47 Å². The molecule has 0 aromatic heterocycles. The number of aryl methyl sites for hydroxylation is 1. The van der Waals surface area contributed by atoms with Gasteiger partial charge in [-0.2, -0.15) is 5.10 Å². The third-order valence-electron chi connectivity index (χ3n) is 4.86. The van der Waals surface area contributed by atoms with Gasteiger partial charge in [0.2, 0.25) is 0 Å². The third-order valence-corrected chi connectivity index (χ3v) is 5.71. The molecular formula is C26H24BrFN2O4. The van der Waals surface area contributed by atoms with Gasteiger partial charge in [-0.05, 0) is 78.1 Å². The molecule has 6 nitrogen and oxygen atoms in total. The summed E-state index contributed by atoms with van der Waals surface area (Å²) in [5.41, 5.74) is 4.96. The van der Waals surface area contributed by atoms with Crippen LogP contribution in [-0.4, -0.2) is 24.7 Å². The molecule has 3 rings (SSSR count). The molecule has 0 atom stereocenters. The molecule has 1 amide bonds. The van der Waals surface area contributed by atoms with Crippen LogP contribution >= 0.6 is 15.9 Å². The number of benzene rings is 3. The number of amides is 1. The fraction of sp³-hybridized carbons (Fsp3) is 0.192. The van der Waals surface area contributed by atoms with Gasteiger partial charge in [-0.15, -0.1) is 0 Å². The zero-order valence-corrected chi connectivity index (χ0v) is 20.6. The van der Waals surface area contributed by atoms with E-state index in [1.54, 1.807) is 30.3 Å². The Morgan fingerprint density at radius 3 is 2.50 bits per heavy atom. The van der Waals surface area contributed by atoms with Crippen molar-refractivity contribution < 1.29 is 23.5 Å². The van der Waals surface area contributed by atoms with Crippen molar-refractivity contribution in [3.63, 3.8) is 0 Å². The molecule has 0 radical (unpaired) electrons. The fourth-order valence-corrected chi connectivity index (χ4v) is 3.37. The predicted octanol–water partition coefficient (Wildman–Crippen LogP) is 5.77. The van der Waals surface area contributed by atoms with Gasteiger partial charge in [0.15, 0.2) is 6.61 Å². The number of ether oxygens (including phenoxy) is 2. The van der Waals surface area contributed by atoms with Gasteiger partial charge in [-0.25, -0.2) is 14.6 Å². The van der Waals surface area contributed by atoms with Gasteiger partial charge in [0.1, 0.15) is 17.3 Å². The highest BCUT2D eigenvalue weighted by atomic mass is 79.9. The number of nitrogens with zero attached hydrogens (tertiary/aromatic N) is 1. The molecule has 1 N–H and O–H groups in total. The number of esters is 1. The molecule has 0 unspecified atom stereocenters. The Balaban J connectivity index is 1.52. The number of hydrogen-bond donors (Lipinski definition) is 1. The molecular weight excluding hydrogens is 503 g/mol. The lowest BCUT2D eigenvalue weighted by atomic mass is 10.0. The van der Waals surface area contributed by atoms with Gasteiger partial charge in [-0.1, -0.05) is 41.9 Å². The average molecular weight is 527 g/mol. The normalized spacial score (nSPS) is 11.0. The number of nitrogens with one attached hydrogen (secondary N) is 1. The molecule has 3 aromatic carbocycles. The number of hydrogen-bond acceptors (Lipinski definition) is 5. The number of halogens is 2. The van der Waals surface area contributed by atoms with E-state index in [1.807, 2.05) is 19.1 Å². The summed E-state index contributed by atoms with van der Waals surface area (Å²) < 4.78 is 25.6.